The SMILES string of the molecule is CN(C)CCCN1C(=O)C(c2ccccc2)c2ccccc21. The minimum absolute atomic E-state index is 0.156. The van der Waals surface area contributed by atoms with Gasteiger partial charge in [-0.05, 0) is 44.3 Å². The predicted molar refractivity (Wildman–Crippen MR) is 90.3 cm³/mol. The van der Waals surface area contributed by atoms with Crippen molar-refractivity contribution >= 4 is 11.6 Å². The number of hydrogen-bond donors (Lipinski definition) is 0. The van der Waals surface area contributed by atoms with Gasteiger partial charge in [-0.1, -0.05) is 48.5 Å². The Balaban J connectivity index is 1.90. The van der Waals surface area contributed by atoms with Crippen molar-refractivity contribution in [2.24, 2.45) is 0 Å². The molecule has 1 atom stereocenters. The Morgan fingerprint density at radius 2 is 1.68 bits per heavy atom. The molecule has 114 valence electrons. The minimum Gasteiger partial charge on any atom is -0.311 e. The van der Waals surface area contributed by atoms with Crippen molar-refractivity contribution in [1.82, 2.24) is 4.90 Å². The molecule has 0 saturated heterocycles. The van der Waals surface area contributed by atoms with Crippen LogP contribution >= 0.6 is 0 Å². The predicted octanol–water partition coefficient (Wildman–Crippen LogP) is 3.12. The van der Waals surface area contributed by atoms with E-state index in [1.165, 1.54) is 0 Å². The highest BCUT2D eigenvalue weighted by molar-refractivity contribution is 6.06. The molecular formula is C19H22N2O. The van der Waals surface area contributed by atoms with Gasteiger partial charge in [0.05, 0.1) is 5.92 Å². The average molecular weight is 294 g/mol. The van der Waals surface area contributed by atoms with Gasteiger partial charge in [-0.15, -0.1) is 0 Å². The molecule has 0 aromatic heterocycles. The van der Waals surface area contributed by atoms with Crippen molar-refractivity contribution in [3.05, 3.63) is 65.7 Å². The maximum atomic E-state index is 13.0. The lowest BCUT2D eigenvalue weighted by molar-refractivity contribution is -0.118. The van der Waals surface area contributed by atoms with Crippen LogP contribution in [-0.4, -0.2) is 38.0 Å². The number of para-hydroxylation sites is 1. The monoisotopic (exact) mass is 294 g/mol. The smallest absolute Gasteiger partial charge is 0.239 e. The van der Waals surface area contributed by atoms with Crippen LogP contribution in [0.15, 0.2) is 54.6 Å². The molecule has 1 unspecified atom stereocenters. The lowest BCUT2D eigenvalue weighted by atomic mass is 9.93. The molecule has 3 heteroatoms. The van der Waals surface area contributed by atoms with E-state index in [9.17, 15) is 4.79 Å². The maximum Gasteiger partial charge on any atom is 0.239 e. The minimum atomic E-state index is -0.156. The second-order valence-corrected chi connectivity index (χ2v) is 6.05. The van der Waals surface area contributed by atoms with E-state index in [1.54, 1.807) is 0 Å². The first-order valence-corrected chi connectivity index (χ1v) is 7.78. The third kappa shape index (κ3) is 2.77. The van der Waals surface area contributed by atoms with Gasteiger partial charge in [0.25, 0.3) is 0 Å². The summed E-state index contributed by atoms with van der Waals surface area (Å²) in [4.78, 5) is 17.1. The number of amides is 1. The lowest BCUT2D eigenvalue weighted by Crippen LogP contribution is -2.31. The molecule has 1 heterocycles. The number of nitrogens with zero attached hydrogens (tertiary/aromatic N) is 2. The largest absolute Gasteiger partial charge is 0.311 e. The molecule has 2 aromatic rings. The summed E-state index contributed by atoms with van der Waals surface area (Å²) in [5.41, 5.74) is 3.28. The van der Waals surface area contributed by atoms with Crippen molar-refractivity contribution < 1.29 is 4.79 Å². The summed E-state index contributed by atoms with van der Waals surface area (Å²) in [6, 6.07) is 18.3. The zero-order valence-corrected chi connectivity index (χ0v) is 13.2. The molecule has 1 aliphatic heterocycles. The first-order chi connectivity index (χ1) is 10.7. The van der Waals surface area contributed by atoms with E-state index in [4.69, 9.17) is 0 Å². The molecule has 22 heavy (non-hydrogen) atoms. The van der Waals surface area contributed by atoms with Gasteiger partial charge >= 0.3 is 0 Å². The van der Waals surface area contributed by atoms with Crippen molar-refractivity contribution in [1.29, 1.82) is 0 Å². The van der Waals surface area contributed by atoms with Crippen molar-refractivity contribution in [2.75, 3.05) is 32.1 Å². The second kappa shape index (κ2) is 6.32. The fourth-order valence-corrected chi connectivity index (χ4v) is 3.13. The number of rotatable bonds is 5. The lowest BCUT2D eigenvalue weighted by Gasteiger charge is -2.19. The van der Waals surface area contributed by atoms with Gasteiger partial charge in [0.15, 0.2) is 0 Å². The third-order valence-electron chi connectivity index (χ3n) is 4.17. The van der Waals surface area contributed by atoms with Crippen molar-refractivity contribution in [3.63, 3.8) is 0 Å². The molecular weight excluding hydrogens is 272 g/mol. The quantitative estimate of drug-likeness (QED) is 0.846. The topological polar surface area (TPSA) is 23.6 Å². The van der Waals surface area contributed by atoms with Gasteiger partial charge in [0.2, 0.25) is 5.91 Å². The van der Waals surface area contributed by atoms with Crippen LogP contribution < -0.4 is 4.90 Å². The van der Waals surface area contributed by atoms with Crippen LogP contribution in [0.1, 0.15) is 23.5 Å². The van der Waals surface area contributed by atoms with E-state index in [2.05, 4.69) is 31.1 Å². The molecule has 1 amide bonds. The van der Waals surface area contributed by atoms with Gasteiger partial charge in [0, 0.05) is 12.2 Å². The first kappa shape index (κ1) is 14.8. The second-order valence-electron chi connectivity index (χ2n) is 6.05. The normalized spacial score (nSPS) is 17.1. The van der Waals surface area contributed by atoms with Crippen LogP contribution in [0.5, 0.6) is 0 Å². The Bertz CT molecular complexity index is 651. The zero-order chi connectivity index (χ0) is 15.5. The first-order valence-electron chi connectivity index (χ1n) is 7.78. The van der Waals surface area contributed by atoms with Crippen LogP contribution in [0, 0.1) is 0 Å². The number of benzene rings is 2. The molecule has 3 rings (SSSR count). The summed E-state index contributed by atoms with van der Waals surface area (Å²) in [6.45, 7) is 1.76. The Labute approximate surface area is 132 Å². The fraction of sp³-hybridized carbons (Fsp3) is 0.316. The highest BCUT2D eigenvalue weighted by Crippen LogP contribution is 2.40. The molecule has 0 radical (unpaired) electrons. The summed E-state index contributed by atoms with van der Waals surface area (Å²) in [6.07, 6.45) is 0.981. The summed E-state index contributed by atoms with van der Waals surface area (Å²) < 4.78 is 0. The zero-order valence-electron chi connectivity index (χ0n) is 13.2. The van der Waals surface area contributed by atoms with Crippen LogP contribution in [0.25, 0.3) is 0 Å². The Hall–Kier alpha value is -2.13. The van der Waals surface area contributed by atoms with Crippen LogP contribution in [0.4, 0.5) is 5.69 Å². The molecule has 1 aliphatic rings. The molecule has 3 nitrogen and oxygen atoms in total. The van der Waals surface area contributed by atoms with E-state index in [0.29, 0.717) is 0 Å². The van der Waals surface area contributed by atoms with Gasteiger partial charge in [-0.25, -0.2) is 0 Å². The van der Waals surface area contributed by atoms with Crippen LogP contribution in [0.3, 0.4) is 0 Å². The summed E-state index contributed by atoms with van der Waals surface area (Å²) >= 11 is 0. The van der Waals surface area contributed by atoms with Crippen LogP contribution in [-0.2, 0) is 4.79 Å². The molecule has 0 aliphatic carbocycles. The average Bonchev–Trinajstić information content (AvgIpc) is 2.80. The number of carbonyl (C=O) groups is 1. The highest BCUT2D eigenvalue weighted by Gasteiger charge is 2.37. The molecule has 0 spiro atoms. The maximum absolute atomic E-state index is 13.0. The van der Waals surface area contributed by atoms with Gasteiger partial charge < -0.3 is 9.80 Å². The summed E-state index contributed by atoms with van der Waals surface area (Å²) in [7, 11) is 4.12. The molecule has 2 aromatic carbocycles. The van der Waals surface area contributed by atoms with E-state index in [0.717, 1.165) is 36.3 Å². The molecule has 0 bridgehead atoms. The molecule has 0 N–H and O–H groups in total. The highest BCUT2D eigenvalue weighted by atomic mass is 16.2. The van der Waals surface area contributed by atoms with Crippen molar-refractivity contribution in [3.8, 4) is 0 Å². The number of carbonyl (C=O) groups excluding carboxylic acids is 1. The number of hydrogen-bond acceptors (Lipinski definition) is 2. The van der Waals surface area contributed by atoms with Gasteiger partial charge in [-0.2, -0.15) is 0 Å². The Kier molecular flexibility index (Phi) is 4.25. The van der Waals surface area contributed by atoms with E-state index in [-0.39, 0.29) is 11.8 Å². The standard InChI is InChI=1S/C19H22N2O/c1-20(2)13-8-14-21-17-12-7-6-11-16(17)18(19(21)22)15-9-4-3-5-10-15/h3-7,9-12,18H,8,13-14H2,1-2H3. The number of fused-ring (bicyclic) bond motifs is 1. The van der Waals surface area contributed by atoms with E-state index >= 15 is 0 Å². The van der Waals surface area contributed by atoms with Gasteiger partial charge in [-0.3, -0.25) is 4.79 Å². The Morgan fingerprint density at radius 1 is 1.00 bits per heavy atom. The van der Waals surface area contributed by atoms with E-state index in [1.807, 2.05) is 47.4 Å². The summed E-state index contributed by atoms with van der Waals surface area (Å²) in [5.74, 6) is 0.0444. The summed E-state index contributed by atoms with van der Waals surface area (Å²) in [5, 5.41) is 0. The van der Waals surface area contributed by atoms with E-state index < -0.39 is 0 Å². The third-order valence-corrected chi connectivity index (χ3v) is 4.17. The fourth-order valence-electron chi connectivity index (χ4n) is 3.13. The van der Waals surface area contributed by atoms with Crippen molar-refractivity contribution in [2.45, 2.75) is 12.3 Å². The molecule has 0 fully saturated rings. The van der Waals surface area contributed by atoms with Crippen LogP contribution in [0.2, 0.25) is 0 Å². The molecule has 0 saturated carbocycles. The van der Waals surface area contributed by atoms with Gasteiger partial charge in [0.1, 0.15) is 0 Å². The number of anilines is 1. The Morgan fingerprint density at radius 3 is 2.41 bits per heavy atom.